The predicted octanol–water partition coefficient (Wildman–Crippen LogP) is 4.26. The number of rotatable bonds is 7. The van der Waals surface area contributed by atoms with Crippen molar-refractivity contribution in [2.75, 3.05) is 12.4 Å². The number of hydrogen-bond acceptors (Lipinski definition) is 4. The van der Waals surface area contributed by atoms with Crippen LogP contribution in [0.4, 0.5) is 5.69 Å². The van der Waals surface area contributed by atoms with E-state index >= 15 is 0 Å². The summed E-state index contributed by atoms with van der Waals surface area (Å²) in [5.74, 6) is 0.0938. The molecule has 0 saturated carbocycles. The zero-order valence-electron chi connectivity index (χ0n) is 16.2. The lowest BCUT2D eigenvalue weighted by Crippen LogP contribution is -2.27. The number of nitriles is 1. The summed E-state index contributed by atoms with van der Waals surface area (Å²) in [4.78, 5) is 14.6. The molecule has 0 fully saturated rings. The van der Waals surface area contributed by atoms with Crippen molar-refractivity contribution in [2.45, 2.75) is 33.4 Å². The van der Waals surface area contributed by atoms with Gasteiger partial charge in [0.25, 0.3) is 5.91 Å². The van der Waals surface area contributed by atoms with E-state index in [9.17, 15) is 10.1 Å². The number of carbonyl (C=O) groups excluding carboxylic acids is 1. The summed E-state index contributed by atoms with van der Waals surface area (Å²) in [6, 6.07) is 17.6. The van der Waals surface area contributed by atoms with E-state index in [4.69, 9.17) is 4.74 Å². The topological polar surface area (TPSA) is 65.4 Å². The van der Waals surface area contributed by atoms with Gasteiger partial charge in [0.15, 0.2) is 0 Å². The van der Waals surface area contributed by atoms with E-state index in [1.54, 1.807) is 19.4 Å². The highest BCUT2D eigenvalue weighted by atomic mass is 16.5. The molecule has 0 spiro atoms. The molecule has 0 atom stereocenters. The van der Waals surface area contributed by atoms with Crippen LogP contribution in [0.1, 0.15) is 25.0 Å². The van der Waals surface area contributed by atoms with Crippen LogP contribution in [-0.4, -0.2) is 24.0 Å². The second-order valence-corrected chi connectivity index (χ2v) is 6.56. The molecule has 2 rings (SSSR count). The first-order chi connectivity index (χ1) is 12.9. The zero-order valence-corrected chi connectivity index (χ0v) is 16.2. The van der Waals surface area contributed by atoms with Gasteiger partial charge in [0.1, 0.15) is 17.4 Å². The van der Waals surface area contributed by atoms with Gasteiger partial charge in [0.05, 0.1) is 12.8 Å². The molecule has 0 heterocycles. The van der Waals surface area contributed by atoms with Gasteiger partial charge in [-0.1, -0.05) is 36.4 Å². The zero-order chi connectivity index (χ0) is 19.8. The van der Waals surface area contributed by atoms with Crippen LogP contribution in [0.25, 0.3) is 0 Å². The maximum atomic E-state index is 12.6. The Morgan fingerprint density at radius 3 is 2.56 bits per heavy atom. The highest BCUT2D eigenvalue weighted by molar-refractivity contribution is 6.07. The van der Waals surface area contributed by atoms with E-state index in [2.05, 4.69) is 5.32 Å². The van der Waals surface area contributed by atoms with E-state index in [-0.39, 0.29) is 11.6 Å². The highest BCUT2D eigenvalue weighted by Crippen LogP contribution is 2.25. The van der Waals surface area contributed by atoms with Crippen LogP contribution in [-0.2, 0) is 11.3 Å². The first-order valence-corrected chi connectivity index (χ1v) is 8.82. The molecule has 0 aliphatic carbocycles. The highest BCUT2D eigenvalue weighted by Gasteiger charge is 2.15. The smallest absolute Gasteiger partial charge is 0.267 e. The maximum Gasteiger partial charge on any atom is 0.267 e. The number of amides is 1. The number of hydrogen-bond donors (Lipinski definition) is 1. The van der Waals surface area contributed by atoms with Gasteiger partial charge < -0.3 is 15.0 Å². The standard InChI is InChI=1S/C22H25N3O2/c1-16(2)25(14-18-8-6-5-7-9-18)15-19(13-23)22(26)24-20-12-17(3)10-11-21(20)27-4/h5-12,15-16H,14H2,1-4H3,(H,24,26)/b19-15-. The number of anilines is 1. The minimum absolute atomic E-state index is 0.0446. The Bertz CT molecular complexity index is 852. The molecule has 1 amide bonds. The monoisotopic (exact) mass is 363 g/mol. The lowest BCUT2D eigenvalue weighted by molar-refractivity contribution is -0.112. The summed E-state index contributed by atoms with van der Waals surface area (Å²) in [6.07, 6.45) is 1.62. The van der Waals surface area contributed by atoms with E-state index in [1.807, 2.05) is 74.2 Å². The summed E-state index contributed by atoms with van der Waals surface area (Å²) in [6.45, 7) is 6.59. The Balaban J connectivity index is 2.23. The van der Waals surface area contributed by atoms with Crippen molar-refractivity contribution >= 4 is 11.6 Å². The minimum atomic E-state index is -0.458. The van der Waals surface area contributed by atoms with Crippen LogP contribution < -0.4 is 10.1 Å². The number of carbonyl (C=O) groups is 1. The van der Waals surface area contributed by atoms with Crippen molar-refractivity contribution in [3.8, 4) is 11.8 Å². The average molecular weight is 363 g/mol. The van der Waals surface area contributed by atoms with Crippen LogP contribution in [0.2, 0.25) is 0 Å². The quantitative estimate of drug-likeness (QED) is 0.590. The maximum absolute atomic E-state index is 12.6. The largest absolute Gasteiger partial charge is 0.495 e. The molecule has 0 aliphatic heterocycles. The lowest BCUT2D eigenvalue weighted by Gasteiger charge is -2.25. The van der Waals surface area contributed by atoms with Crippen molar-refractivity contribution in [1.29, 1.82) is 5.26 Å². The average Bonchev–Trinajstić information content (AvgIpc) is 2.65. The van der Waals surface area contributed by atoms with Gasteiger partial charge in [0, 0.05) is 18.8 Å². The van der Waals surface area contributed by atoms with Gasteiger partial charge in [-0.15, -0.1) is 0 Å². The van der Waals surface area contributed by atoms with Gasteiger partial charge in [-0.2, -0.15) is 5.26 Å². The van der Waals surface area contributed by atoms with Crippen molar-refractivity contribution in [2.24, 2.45) is 0 Å². The summed E-state index contributed by atoms with van der Waals surface area (Å²) in [5.41, 5.74) is 2.69. The van der Waals surface area contributed by atoms with E-state index in [0.717, 1.165) is 11.1 Å². The number of nitrogens with one attached hydrogen (secondary N) is 1. The molecule has 5 nitrogen and oxygen atoms in total. The minimum Gasteiger partial charge on any atom is -0.495 e. The first-order valence-electron chi connectivity index (χ1n) is 8.82. The fourth-order valence-corrected chi connectivity index (χ4v) is 2.58. The lowest BCUT2D eigenvalue weighted by atomic mass is 10.1. The van der Waals surface area contributed by atoms with E-state index < -0.39 is 5.91 Å². The molecule has 1 N–H and O–H groups in total. The molecule has 5 heteroatoms. The molecule has 140 valence electrons. The summed E-state index contributed by atoms with van der Waals surface area (Å²) in [7, 11) is 1.54. The van der Waals surface area contributed by atoms with Crippen molar-refractivity contribution in [1.82, 2.24) is 4.90 Å². The molecular formula is C22H25N3O2. The fourth-order valence-electron chi connectivity index (χ4n) is 2.58. The second kappa shape index (κ2) is 9.44. The molecule has 0 radical (unpaired) electrons. The first kappa shape index (κ1) is 20.1. The molecule has 0 unspecified atom stereocenters. The predicted molar refractivity (Wildman–Crippen MR) is 107 cm³/mol. The Kier molecular flexibility index (Phi) is 7.01. The van der Waals surface area contributed by atoms with Gasteiger partial charge >= 0.3 is 0 Å². The normalized spacial score (nSPS) is 11.0. The third kappa shape index (κ3) is 5.61. The van der Waals surface area contributed by atoms with Gasteiger partial charge in [0.2, 0.25) is 0 Å². The Hall–Kier alpha value is -3.26. The van der Waals surface area contributed by atoms with E-state index in [0.29, 0.717) is 18.0 Å². The number of nitrogens with zero attached hydrogens (tertiary/aromatic N) is 2. The Labute approximate surface area is 160 Å². The van der Waals surface area contributed by atoms with E-state index in [1.165, 1.54) is 0 Å². The third-order valence-corrected chi connectivity index (χ3v) is 4.13. The van der Waals surface area contributed by atoms with Crippen molar-refractivity contribution in [3.05, 3.63) is 71.4 Å². The van der Waals surface area contributed by atoms with Crippen molar-refractivity contribution in [3.63, 3.8) is 0 Å². The van der Waals surface area contributed by atoms with Crippen LogP contribution in [0.15, 0.2) is 60.3 Å². The molecule has 0 aliphatic rings. The molecular weight excluding hydrogens is 338 g/mol. The molecule has 0 saturated heterocycles. The Morgan fingerprint density at radius 2 is 1.96 bits per heavy atom. The summed E-state index contributed by atoms with van der Waals surface area (Å²) < 4.78 is 5.29. The van der Waals surface area contributed by atoms with Crippen LogP contribution in [0.3, 0.4) is 0 Å². The second-order valence-electron chi connectivity index (χ2n) is 6.56. The van der Waals surface area contributed by atoms with Gasteiger partial charge in [-0.3, -0.25) is 4.79 Å². The van der Waals surface area contributed by atoms with Crippen LogP contribution >= 0.6 is 0 Å². The van der Waals surface area contributed by atoms with Crippen LogP contribution in [0, 0.1) is 18.3 Å². The molecule has 0 bridgehead atoms. The Morgan fingerprint density at radius 1 is 1.26 bits per heavy atom. The molecule has 27 heavy (non-hydrogen) atoms. The summed E-state index contributed by atoms with van der Waals surface area (Å²) in [5, 5.41) is 12.3. The SMILES string of the molecule is COc1ccc(C)cc1NC(=O)/C(C#N)=C\N(Cc1ccccc1)C(C)C. The number of benzene rings is 2. The number of methoxy groups -OCH3 is 1. The molecule has 0 aromatic heterocycles. The number of aryl methyl sites for hydroxylation is 1. The van der Waals surface area contributed by atoms with Gasteiger partial charge in [-0.25, -0.2) is 0 Å². The van der Waals surface area contributed by atoms with Crippen molar-refractivity contribution < 1.29 is 9.53 Å². The third-order valence-electron chi connectivity index (χ3n) is 4.13. The fraction of sp³-hybridized carbons (Fsp3) is 0.273. The molecule has 2 aromatic carbocycles. The summed E-state index contributed by atoms with van der Waals surface area (Å²) >= 11 is 0. The number of ether oxygens (including phenoxy) is 1. The van der Waals surface area contributed by atoms with Gasteiger partial charge in [-0.05, 0) is 44.0 Å². The molecule has 2 aromatic rings. The van der Waals surface area contributed by atoms with Crippen LogP contribution in [0.5, 0.6) is 5.75 Å².